The fourth-order valence-corrected chi connectivity index (χ4v) is 2.55. The molecule has 2 N–H and O–H groups in total. The maximum atomic E-state index is 9.50. The molecule has 0 aliphatic heterocycles. The van der Waals surface area contributed by atoms with Crippen molar-refractivity contribution < 1.29 is 10.2 Å². The second-order valence-electron chi connectivity index (χ2n) is 4.37. The molecule has 0 unspecified atom stereocenters. The summed E-state index contributed by atoms with van der Waals surface area (Å²) < 4.78 is 0. The summed E-state index contributed by atoms with van der Waals surface area (Å²) >= 11 is 0. The van der Waals surface area contributed by atoms with Crippen molar-refractivity contribution in [3.63, 3.8) is 0 Å². The van der Waals surface area contributed by atoms with E-state index >= 15 is 0 Å². The molecule has 2 aliphatic rings. The summed E-state index contributed by atoms with van der Waals surface area (Å²) in [5.41, 5.74) is 1.55. The molecule has 0 radical (unpaired) electrons. The number of allylic oxidation sites excluding steroid dienone is 1. The maximum Gasteiger partial charge on any atom is 0.0983 e. The molecule has 0 aromatic rings. The van der Waals surface area contributed by atoms with Crippen LogP contribution in [0, 0.1) is 5.41 Å². The average Bonchev–Trinajstić information content (AvgIpc) is 2.32. The minimum Gasteiger partial charge on any atom is -0.390 e. The predicted molar refractivity (Wildman–Crippen MR) is 46.7 cm³/mol. The molecule has 0 aromatic heterocycles. The van der Waals surface area contributed by atoms with E-state index in [1.54, 1.807) is 0 Å². The number of aliphatic hydroxyl groups excluding tert-OH is 2. The van der Waals surface area contributed by atoms with Crippen molar-refractivity contribution >= 4 is 0 Å². The Bertz CT molecular complexity index is 222. The number of hydrogen-bond donors (Lipinski definition) is 2. The van der Waals surface area contributed by atoms with Gasteiger partial charge in [0.05, 0.1) is 12.2 Å². The zero-order valence-electron chi connectivity index (χ0n) is 7.45. The van der Waals surface area contributed by atoms with E-state index in [2.05, 4.69) is 6.92 Å². The van der Waals surface area contributed by atoms with Gasteiger partial charge in [-0.2, -0.15) is 0 Å². The third-order valence-electron chi connectivity index (χ3n) is 3.38. The zero-order chi connectivity index (χ0) is 8.77. The second kappa shape index (κ2) is 2.57. The minimum absolute atomic E-state index is 0.193. The summed E-state index contributed by atoms with van der Waals surface area (Å²) in [4.78, 5) is 0. The Labute approximate surface area is 72.9 Å². The molecule has 0 amide bonds. The number of rotatable bonds is 0. The van der Waals surface area contributed by atoms with Crippen LogP contribution in [0.2, 0.25) is 0 Å². The molecule has 0 spiro atoms. The van der Waals surface area contributed by atoms with E-state index in [9.17, 15) is 10.2 Å². The largest absolute Gasteiger partial charge is 0.390 e. The summed E-state index contributed by atoms with van der Waals surface area (Å²) in [6.07, 6.45) is 4.93. The van der Waals surface area contributed by atoms with Crippen LogP contribution >= 0.6 is 0 Å². The number of hydrogen-bond acceptors (Lipinski definition) is 2. The van der Waals surface area contributed by atoms with Gasteiger partial charge in [0.15, 0.2) is 0 Å². The normalized spacial score (nSPS) is 47.1. The third-order valence-corrected chi connectivity index (χ3v) is 3.38. The van der Waals surface area contributed by atoms with Crippen LogP contribution in [0.1, 0.15) is 32.6 Å². The third kappa shape index (κ3) is 1.10. The average molecular weight is 168 g/mol. The lowest BCUT2D eigenvalue weighted by Gasteiger charge is -2.35. The van der Waals surface area contributed by atoms with Gasteiger partial charge in [-0.05, 0) is 31.1 Å². The first-order valence-electron chi connectivity index (χ1n) is 4.69. The van der Waals surface area contributed by atoms with Crippen molar-refractivity contribution in [2.45, 2.75) is 44.8 Å². The van der Waals surface area contributed by atoms with Gasteiger partial charge in [0, 0.05) is 0 Å². The lowest BCUT2D eigenvalue weighted by atomic mass is 9.74. The monoisotopic (exact) mass is 168 g/mol. The van der Waals surface area contributed by atoms with E-state index in [1.807, 2.05) is 6.08 Å². The molecule has 2 nitrogen and oxygen atoms in total. The van der Waals surface area contributed by atoms with E-state index in [4.69, 9.17) is 0 Å². The van der Waals surface area contributed by atoms with Gasteiger partial charge in [-0.3, -0.25) is 0 Å². The molecule has 2 aliphatic carbocycles. The minimum atomic E-state index is -0.619. The highest BCUT2D eigenvalue weighted by molar-refractivity contribution is 5.24. The first-order chi connectivity index (χ1) is 5.62. The second-order valence-corrected chi connectivity index (χ2v) is 4.37. The molecule has 2 rings (SSSR count). The summed E-state index contributed by atoms with van der Waals surface area (Å²) in [6.45, 7) is 2.20. The van der Waals surface area contributed by atoms with Crippen LogP contribution in [0.3, 0.4) is 0 Å². The summed E-state index contributed by atoms with van der Waals surface area (Å²) in [7, 11) is 0. The van der Waals surface area contributed by atoms with E-state index < -0.39 is 12.2 Å². The SMILES string of the molecule is C[C@@]12CCCC1=C[C@@H](O)[C@H](O)C2. The van der Waals surface area contributed by atoms with Crippen LogP contribution in [0.5, 0.6) is 0 Å². The van der Waals surface area contributed by atoms with Gasteiger partial charge in [-0.15, -0.1) is 0 Å². The molecule has 1 saturated carbocycles. The van der Waals surface area contributed by atoms with E-state index in [0.29, 0.717) is 0 Å². The standard InChI is InChI=1S/C10H16O2/c1-10-4-2-3-7(10)5-8(11)9(12)6-10/h5,8-9,11-12H,2-4,6H2,1H3/t8-,9-,10+/m1/s1. The van der Waals surface area contributed by atoms with Crippen LogP contribution in [0.15, 0.2) is 11.6 Å². The van der Waals surface area contributed by atoms with Gasteiger partial charge in [0.1, 0.15) is 0 Å². The molecule has 12 heavy (non-hydrogen) atoms. The molecule has 2 heteroatoms. The van der Waals surface area contributed by atoms with Crippen molar-refractivity contribution in [1.29, 1.82) is 0 Å². The molecule has 68 valence electrons. The Morgan fingerprint density at radius 1 is 1.50 bits per heavy atom. The molecular formula is C10H16O2. The Kier molecular flexibility index (Phi) is 1.77. The van der Waals surface area contributed by atoms with E-state index in [0.717, 1.165) is 12.8 Å². The molecule has 0 bridgehead atoms. The number of fused-ring (bicyclic) bond motifs is 1. The number of aliphatic hydroxyl groups is 2. The molecule has 1 fully saturated rings. The molecule has 3 atom stereocenters. The highest BCUT2D eigenvalue weighted by Gasteiger charge is 2.40. The summed E-state index contributed by atoms with van der Waals surface area (Å²) in [5, 5.41) is 18.9. The highest BCUT2D eigenvalue weighted by atomic mass is 16.3. The topological polar surface area (TPSA) is 40.5 Å². The smallest absolute Gasteiger partial charge is 0.0983 e. The quantitative estimate of drug-likeness (QED) is 0.534. The van der Waals surface area contributed by atoms with Gasteiger partial charge in [0.25, 0.3) is 0 Å². The van der Waals surface area contributed by atoms with Crippen LogP contribution in [0.25, 0.3) is 0 Å². The molecule has 0 heterocycles. The Morgan fingerprint density at radius 2 is 2.25 bits per heavy atom. The molecular weight excluding hydrogens is 152 g/mol. The van der Waals surface area contributed by atoms with E-state index in [-0.39, 0.29) is 5.41 Å². The van der Waals surface area contributed by atoms with Crippen LogP contribution in [-0.4, -0.2) is 22.4 Å². The van der Waals surface area contributed by atoms with Gasteiger partial charge in [-0.1, -0.05) is 18.6 Å². The van der Waals surface area contributed by atoms with Gasteiger partial charge in [-0.25, -0.2) is 0 Å². The maximum absolute atomic E-state index is 9.50. The van der Waals surface area contributed by atoms with Crippen molar-refractivity contribution in [2.24, 2.45) is 5.41 Å². The highest BCUT2D eigenvalue weighted by Crippen LogP contribution is 2.48. The van der Waals surface area contributed by atoms with Crippen LogP contribution < -0.4 is 0 Å². The van der Waals surface area contributed by atoms with Gasteiger partial charge < -0.3 is 10.2 Å². The Hall–Kier alpha value is -0.340. The van der Waals surface area contributed by atoms with Crippen molar-refractivity contribution in [3.05, 3.63) is 11.6 Å². The fourth-order valence-electron chi connectivity index (χ4n) is 2.55. The van der Waals surface area contributed by atoms with E-state index in [1.165, 1.54) is 18.4 Å². The van der Waals surface area contributed by atoms with Gasteiger partial charge in [0.2, 0.25) is 0 Å². The zero-order valence-corrected chi connectivity index (χ0v) is 7.45. The first-order valence-corrected chi connectivity index (χ1v) is 4.69. The van der Waals surface area contributed by atoms with Crippen LogP contribution in [-0.2, 0) is 0 Å². The van der Waals surface area contributed by atoms with Gasteiger partial charge >= 0.3 is 0 Å². The predicted octanol–water partition coefficient (Wildman–Crippen LogP) is 1.23. The van der Waals surface area contributed by atoms with Crippen LogP contribution in [0.4, 0.5) is 0 Å². The summed E-state index contributed by atoms with van der Waals surface area (Å²) in [5.74, 6) is 0. The lowest BCUT2D eigenvalue weighted by Crippen LogP contribution is -2.35. The molecule has 0 saturated heterocycles. The Morgan fingerprint density at radius 3 is 3.00 bits per heavy atom. The Balaban J connectivity index is 2.29. The fraction of sp³-hybridized carbons (Fsp3) is 0.800. The summed E-state index contributed by atoms with van der Waals surface area (Å²) in [6, 6.07) is 0. The van der Waals surface area contributed by atoms with Crippen molar-refractivity contribution in [3.8, 4) is 0 Å². The first kappa shape index (κ1) is 8.27. The molecule has 0 aromatic carbocycles. The lowest BCUT2D eigenvalue weighted by molar-refractivity contribution is 0.0117. The van der Waals surface area contributed by atoms with Crippen molar-refractivity contribution in [2.75, 3.05) is 0 Å². The van der Waals surface area contributed by atoms with Crippen molar-refractivity contribution in [1.82, 2.24) is 0 Å².